The van der Waals surface area contributed by atoms with E-state index in [0.29, 0.717) is 23.0 Å². The second-order valence-corrected chi connectivity index (χ2v) is 6.23. The van der Waals surface area contributed by atoms with E-state index >= 15 is 0 Å². The molecule has 5 nitrogen and oxygen atoms in total. The lowest BCUT2D eigenvalue weighted by molar-refractivity contribution is 0.414. The van der Waals surface area contributed by atoms with Crippen molar-refractivity contribution in [2.45, 2.75) is 25.8 Å². The van der Waals surface area contributed by atoms with Gasteiger partial charge in [0.15, 0.2) is 5.96 Å². The zero-order chi connectivity index (χ0) is 19.6. The molecule has 28 heavy (non-hydrogen) atoms. The number of methoxy groups -OCH3 is 1. The average molecular weight is 496 g/mol. The molecular weight excluding hydrogens is 470 g/mol. The summed E-state index contributed by atoms with van der Waals surface area (Å²) in [6.07, 6.45) is 0.922. The summed E-state index contributed by atoms with van der Waals surface area (Å²) in [4.78, 5) is 4.16. The van der Waals surface area contributed by atoms with Crippen molar-refractivity contribution < 1.29 is 9.13 Å². The van der Waals surface area contributed by atoms with Gasteiger partial charge in [0.1, 0.15) is 11.6 Å². The van der Waals surface area contributed by atoms with Gasteiger partial charge in [-0.05, 0) is 48.2 Å². The highest BCUT2D eigenvalue weighted by atomic mass is 127. The highest BCUT2D eigenvalue weighted by molar-refractivity contribution is 14.0. The fourth-order valence-corrected chi connectivity index (χ4v) is 2.69. The monoisotopic (exact) mass is 496 g/mol. The molecule has 0 spiro atoms. The first-order chi connectivity index (χ1) is 13.1. The van der Waals surface area contributed by atoms with Crippen molar-refractivity contribution in [3.8, 4) is 11.8 Å². The molecule has 0 aromatic heterocycles. The molecule has 1 atom stereocenters. The fraction of sp³-hybridized carbons (Fsp3) is 0.333. The highest BCUT2D eigenvalue weighted by Gasteiger charge is 2.08. The SMILES string of the molecule is CN=C(NCCC(C)c1ccc(OC)cc1)NCc1cc(C#N)ccc1F.I. The molecule has 2 rings (SSSR count). The summed E-state index contributed by atoms with van der Waals surface area (Å²) in [5, 5.41) is 15.2. The number of ether oxygens (including phenoxy) is 1. The lowest BCUT2D eigenvalue weighted by atomic mass is 9.98. The zero-order valence-electron chi connectivity index (χ0n) is 16.3. The summed E-state index contributed by atoms with van der Waals surface area (Å²) in [7, 11) is 3.33. The summed E-state index contributed by atoms with van der Waals surface area (Å²) in [6.45, 7) is 3.16. The van der Waals surface area contributed by atoms with Crippen LogP contribution in [0.2, 0.25) is 0 Å². The van der Waals surface area contributed by atoms with Crippen LogP contribution in [0.4, 0.5) is 4.39 Å². The number of halogens is 2. The lowest BCUT2D eigenvalue weighted by Crippen LogP contribution is -2.37. The number of rotatable bonds is 7. The van der Waals surface area contributed by atoms with Crippen LogP contribution in [0.3, 0.4) is 0 Å². The normalized spacial score (nSPS) is 11.8. The number of benzene rings is 2. The fourth-order valence-electron chi connectivity index (χ4n) is 2.69. The first-order valence-electron chi connectivity index (χ1n) is 8.84. The van der Waals surface area contributed by atoms with E-state index < -0.39 is 0 Å². The Morgan fingerprint density at radius 2 is 1.93 bits per heavy atom. The maximum absolute atomic E-state index is 13.8. The van der Waals surface area contributed by atoms with Gasteiger partial charge in [-0.2, -0.15) is 5.26 Å². The van der Waals surface area contributed by atoms with E-state index in [4.69, 9.17) is 10.00 Å². The first kappa shape index (κ1) is 23.7. The highest BCUT2D eigenvalue weighted by Crippen LogP contribution is 2.21. The molecule has 1 unspecified atom stereocenters. The topological polar surface area (TPSA) is 69.4 Å². The van der Waals surface area contributed by atoms with Gasteiger partial charge in [0.05, 0.1) is 18.7 Å². The van der Waals surface area contributed by atoms with Crippen LogP contribution >= 0.6 is 24.0 Å². The molecule has 2 aromatic rings. The minimum atomic E-state index is -0.343. The Balaban J connectivity index is 0.00000392. The molecule has 7 heteroatoms. The molecule has 0 heterocycles. The number of aliphatic imine (C=N–C) groups is 1. The van der Waals surface area contributed by atoms with Crippen molar-refractivity contribution in [2.75, 3.05) is 20.7 Å². The quantitative estimate of drug-likeness (QED) is 0.343. The van der Waals surface area contributed by atoms with Crippen molar-refractivity contribution >= 4 is 29.9 Å². The zero-order valence-corrected chi connectivity index (χ0v) is 18.7. The van der Waals surface area contributed by atoms with E-state index in [9.17, 15) is 4.39 Å². The molecule has 2 aromatic carbocycles. The molecule has 0 aliphatic heterocycles. The molecular formula is C21H26FIN4O. The average Bonchev–Trinajstić information content (AvgIpc) is 2.71. The van der Waals surface area contributed by atoms with E-state index in [0.717, 1.165) is 18.7 Å². The predicted molar refractivity (Wildman–Crippen MR) is 121 cm³/mol. The predicted octanol–water partition coefficient (Wildman–Crippen LogP) is 4.18. The lowest BCUT2D eigenvalue weighted by Gasteiger charge is -2.16. The van der Waals surface area contributed by atoms with Crippen LogP contribution in [0, 0.1) is 17.1 Å². The Bertz CT molecular complexity index is 818. The molecule has 150 valence electrons. The number of guanidine groups is 1. The summed E-state index contributed by atoms with van der Waals surface area (Å²) in [5.74, 6) is 1.48. The number of nitriles is 1. The van der Waals surface area contributed by atoms with Crippen LogP contribution in [0.25, 0.3) is 0 Å². The van der Waals surface area contributed by atoms with E-state index in [1.54, 1.807) is 20.2 Å². The van der Waals surface area contributed by atoms with Gasteiger partial charge in [0.2, 0.25) is 0 Å². The van der Waals surface area contributed by atoms with Gasteiger partial charge in [0, 0.05) is 25.7 Å². The van der Waals surface area contributed by atoms with E-state index in [1.807, 2.05) is 18.2 Å². The van der Waals surface area contributed by atoms with Gasteiger partial charge in [-0.3, -0.25) is 4.99 Å². The van der Waals surface area contributed by atoms with Crippen LogP contribution in [0.15, 0.2) is 47.5 Å². The second kappa shape index (κ2) is 12.2. The van der Waals surface area contributed by atoms with Crippen molar-refractivity contribution in [1.82, 2.24) is 10.6 Å². The van der Waals surface area contributed by atoms with Gasteiger partial charge >= 0.3 is 0 Å². The second-order valence-electron chi connectivity index (χ2n) is 6.23. The number of nitrogens with zero attached hydrogens (tertiary/aromatic N) is 2. The minimum Gasteiger partial charge on any atom is -0.497 e. The molecule has 0 aliphatic carbocycles. The maximum atomic E-state index is 13.8. The Labute approximate surface area is 183 Å². The third-order valence-electron chi connectivity index (χ3n) is 4.40. The van der Waals surface area contributed by atoms with Crippen LogP contribution in [0.1, 0.15) is 36.0 Å². The van der Waals surface area contributed by atoms with Crippen LogP contribution in [-0.4, -0.2) is 26.7 Å². The summed E-state index contributed by atoms with van der Waals surface area (Å²) in [6, 6.07) is 14.4. The summed E-state index contributed by atoms with van der Waals surface area (Å²) >= 11 is 0. The van der Waals surface area contributed by atoms with Crippen LogP contribution in [0.5, 0.6) is 5.75 Å². The summed E-state index contributed by atoms with van der Waals surface area (Å²) < 4.78 is 19.0. The standard InChI is InChI=1S/C21H25FN4O.HI/c1-15(17-5-7-19(27-3)8-6-17)10-11-25-21(24-2)26-14-18-12-16(13-23)4-9-20(18)22;/h4-9,12,15H,10-11,14H2,1-3H3,(H2,24,25,26);1H. The van der Waals surface area contributed by atoms with Gasteiger partial charge < -0.3 is 15.4 Å². The van der Waals surface area contributed by atoms with Crippen molar-refractivity contribution in [3.63, 3.8) is 0 Å². The Morgan fingerprint density at radius 3 is 2.54 bits per heavy atom. The largest absolute Gasteiger partial charge is 0.497 e. The third-order valence-corrected chi connectivity index (χ3v) is 4.40. The molecule has 2 N–H and O–H groups in total. The Hall–Kier alpha value is -2.34. The summed E-state index contributed by atoms with van der Waals surface area (Å²) in [5.41, 5.74) is 2.11. The molecule has 0 radical (unpaired) electrons. The van der Waals surface area contributed by atoms with E-state index in [2.05, 4.69) is 34.7 Å². The first-order valence-corrected chi connectivity index (χ1v) is 8.84. The van der Waals surface area contributed by atoms with E-state index in [1.165, 1.54) is 17.7 Å². The van der Waals surface area contributed by atoms with Crippen molar-refractivity contribution in [2.24, 2.45) is 4.99 Å². The van der Waals surface area contributed by atoms with Crippen LogP contribution in [-0.2, 0) is 6.54 Å². The minimum absolute atomic E-state index is 0. The molecule has 0 aliphatic rings. The Morgan fingerprint density at radius 1 is 1.21 bits per heavy atom. The van der Waals surface area contributed by atoms with Gasteiger partial charge in [-0.1, -0.05) is 19.1 Å². The number of hydrogen-bond acceptors (Lipinski definition) is 3. The van der Waals surface area contributed by atoms with Crippen molar-refractivity contribution in [3.05, 3.63) is 65.0 Å². The van der Waals surface area contributed by atoms with Gasteiger partial charge in [0.25, 0.3) is 0 Å². The molecule has 0 saturated carbocycles. The van der Waals surface area contributed by atoms with Crippen LogP contribution < -0.4 is 15.4 Å². The number of hydrogen-bond donors (Lipinski definition) is 2. The van der Waals surface area contributed by atoms with Gasteiger partial charge in [-0.15, -0.1) is 24.0 Å². The van der Waals surface area contributed by atoms with Gasteiger partial charge in [-0.25, -0.2) is 4.39 Å². The van der Waals surface area contributed by atoms with E-state index in [-0.39, 0.29) is 36.3 Å². The molecule has 0 saturated heterocycles. The molecule has 0 amide bonds. The molecule has 0 bridgehead atoms. The molecule has 0 fully saturated rings. The van der Waals surface area contributed by atoms with Crippen molar-refractivity contribution in [1.29, 1.82) is 5.26 Å². The maximum Gasteiger partial charge on any atom is 0.191 e. The number of nitrogens with one attached hydrogen (secondary N) is 2. The Kier molecular flexibility index (Phi) is 10.3. The third kappa shape index (κ3) is 7.00. The smallest absolute Gasteiger partial charge is 0.191 e.